The van der Waals surface area contributed by atoms with E-state index in [1.165, 1.54) is 11.3 Å². The summed E-state index contributed by atoms with van der Waals surface area (Å²) in [5.41, 5.74) is 1.15. The molecule has 1 aromatic heterocycles. The number of aromatic nitrogens is 1. The van der Waals surface area contributed by atoms with Crippen LogP contribution in [0.2, 0.25) is 0 Å². The molecule has 0 spiro atoms. The van der Waals surface area contributed by atoms with Gasteiger partial charge in [-0.15, -0.1) is 0 Å². The largest absolute Gasteiger partial charge is 0.495 e. The monoisotopic (exact) mass is 486 g/mol. The van der Waals surface area contributed by atoms with E-state index in [2.05, 4.69) is 0 Å². The van der Waals surface area contributed by atoms with Gasteiger partial charge in [-0.1, -0.05) is 11.3 Å². The Morgan fingerprint density at radius 1 is 1.06 bits per heavy atom. The number of methoxy groups -OCH3 is 2. The van der Waals surface area contributed by atoms with Crippen LogP contribution in [0.5, 0.6) is 23.0 Å². The van der Waals surface area contributed by atoms with Crippen molar-refractivity contribution in [3.8, 4) is 23.0 Å². The van der Waals surface area contributed by atoms with Crippen molar-refractivity contribution in [3.63, 3.8) is 0 Å². The molecular weight excluding hydrogens is 456 g/mol. The minimum Gasteiger partial charge on any atom is -0.495 e. The number of ether oxygens (including phenoxy) is 5. The van der Waals surface area contributed by atoms with E-state index < -0.39 is 0 Å². The van der Waals surface area contributed by atoms with Crippen molar-refractivity contribution in [2.75, 3.05) is 45.5 Å². The van der Waals surface area contributed by atoms with Crippen LogP contribution in [-0.2, 0) is 4.74 Å². The third-order valence-corrected chi connectivity index (χ3v) is 6.67. The van der Waals surface area contributed by atoms with E-state index in [9.17, 15) is 4.79 Å². The van der Waals surface area contributed by atoms with E-state index in [4.69, 9.17) is 28.7 Å². The van der Waals surface area contributed by atoms with Crippen LogP contribution in [0, 0.1) is 0 Å². The molecule has 2 heterocycles. The third-order valence-electron chi connectivity index (χ3n) is 5.58. The molecule has 0 radical (unpaired) electrons. The van der Waals surface area contributed by atoms with Crippen molar-refractivity contribution >= 4 is 32.6 Å². The van der Waals surface area contributed by atoms with E-state index in [1.54, 1.807) is 37.3 Å². The number of benzene rings is 2. The van der Waals surface area contributed by atoms with Gasteiger partial charge < -0.3 is 23.7 Å². The maximum absolute atomic E-state index is 13.8. The fraction of sp³-hybridized carbons (Fsp3) is 0.440. The SMILES string of the molecule is CCOc1ccc(C(=O)N(CC2CCCO2)c2nc3c(OC)ccc(OC)c3s2)cc1OCC. The molecule has 1 saturated heterocycles. The van der Waals surface area contributed by atoms with Crippen molar-refractivity contribution in [1.29, 1.82) is 0 Å². The molecule has 0 aliphatic carbocycles. The zero-order chi connectivity index (χ0) is 24.1. The average molecular weight is 487 g/mol. The Morgan fingerprint density at radius 3 is 2.44 bits per heavy atom. The predicted octanol–water partition coefficient (Wildman–Crippen LogP) is 4.94. The highest BCUT2D eigenvalue weighted by Crippen LogP contribution is 2.41. The number of carbonyl (C=O) groups is 1. The highest BCUT2D eigenvalue weighted by molar-refractivity contribution is 7.22. The number of fused-ring (bicyclic) bond motifs is 1. The molecule has 4 rings (SSSR count). The van der Waals surface area contributed by atoms with Crippen LogP contribution in [0.4, 0.5) is 5.13 Å². The Kier molecular flexibility index (Phi) is 7.74. The molecular formula is C25H30N2O6S. The Morgan fingerprint density at radius 2 is 1.76 bits per heavy atom. The van der Waals surface area contributed by atoms with Crippen LogP contribution >= 0.6 is 11.3 Å². The van der Waals surface area contributed by atoms with Gasteiger partial charge in [0, 0.05) is 12.2 Å². The maximum Gasteiger partial charge on any atom is 0.260 e. The van der Waals surface area contributed by atoms with Crippen LogP contribution in [0.25, 0.3) is 10.2 Å². The topological polar surface area (TPSA) is 79.4 Å². The van der Waals surface area contributed by atoms with Crippen LogP contribution in [0.3, 0.4) is 0 Å². The van der Waals surface area contributed by atoms with E-state index in [-0.39, 0.29) is 12.0 Å². The van der Waals surface area contributed by atoms with Crippen molar-refractivity contribution in [3.05, 3.63) is 35.9 Å². The summed E-state index contributed by atoms with van der Waals surface area (Å²) in [6.45, 7) is 5.89. The van der Waals surface area contributed by atoms with Gasteiger partial charge in [0.2, 0.25) is 0 Å². The van der Waals surface area contributed by atoms with Gasteiger partial charge >= 0.3 is 0 Å². The fourth-order valence-corrected chi connectivity index (χ4v) is 5.05. The molecule has 1 aliphatic heterocycles. The van der Waals surface area contributed by atoms with Crippen LogP contribution in [0.15, 0.2) is 30.3 Å². The second-order valence-corrected chi connectivity index (χ2v) is 8.70. The molecule has 1 amide bonds. The maximum atomic E-state index is 13.8. The van der Waals surface area contributed by atoms with Gasteiger partial charge in [-0.2, -0.15) is 0 Å². The first-order chi connectivity index (χ1) is 16.6. The minimum atomic E-state index is -0.184. The quantitative estimate of drug-likeness (QED) is 0.402. The molecule has 0 bridgehead atoms. The highest BCUT2D eigenvalue weighted by atomic mass is 32.1. The number of hydrogen-bond donors (Lipinski definition) is 0. The number of thiazole rings is 1. The van der Waals surface area contributed by atoms with E-state index in [0.29, 0.717) is 65.6 Å². The molecule has 1 atom stereocenters. The molecule has 34 heavy (non-hydrogen) atoms. The molecule has 182 valence electrons. The predicted molar refractivity (Wildman–Crippen MR) is 132 cm³/mol. The average Bonchev–Trinajstić information content (AvgIpc) is 3.53. The number of amides is 1. The van der Waals surface area contributed by atoms with Crippen LogP contribution in [-0.4, -0.2) is 57.6 Å². The summed E-state index contributed by atoms with van der Waals surface area (Å²) in [6, 6.07) is 8.92. The summed E-state index contributed by atoms with van der Waals surface area (Å²) in [7, 11) is 3.22. The van der Waals surface area contributed by atoms with Gasteiger partial charge in [0.1, 0.15) is 21.7 Å². The molecule has 1 aliphatic rings. The molecule has 2 aromatic carbocycles. The van der Waals surface area contributed by atoms with Crippen molar-refractivity contribution < 1.29 is 28.5 Å². The lowest BCUT2D eigenvalue weighted by Gasteiger charge is -2.23. The van der Waals surface area contributed by atoms with E-state index in [0.717, 1.165) is 17.5 Å². The summed E-state index contributed by atoms with van der Waals surface area (Å²) in [6.07, 6.45) is 1.83. The van der Waals surface area contributed by atoms with Gasteiger partial charge in [-0.25, -0.2) is 4.98 Å². The van der Waals surface area contributed by atoms with Crippen molar-refractivity contribution in [2.24, 2.45) is 0 Å². The molecule has 8 nitrogen and oxygen atoms in total. The lowest BCUT2D eigenvalue weighted by Crippen LogP contribution is -2.37. The first-order valence-corrected chi connectivity index (χ1v) is 12.3. The van der Waals surface area contributed by atoms with Crippen molar-refractivity contribution in [1.82, 2.24) is 4.98 Å². The smallest absolute Gasteiger partial charge is 0.260 e. The summed E-state index contributed by atoms with van der Waals surface area (Å²) in [4.78, 5) is 20.3. The Labute approximate surface area is 203 Å². The second-order valence-electron chi connectivity index (χ2n) is 7.72. The molecule has 9 heteroatoms. The fourth-order valence-electron chi connectivity index (χ4n) is 3.97. The Bertz CT molecular complexity index is 1100. The zero-order valence-corrected chi connectivity index (χ0v) is 20.8. The number of nitrogens with zero attached hydrogens (tertiary/aromatic N) is 2. The standard InChI is InChI=1S/C25H30N2O6S/c1-5-31-18-10-9-16(14-21(18)32-6-2)24(28)27(15-17-8-7-13-33-17)25-26-22-19(29-3)11-12-20(30-4)23(22)34-25/h9-12,14,17H,5-8,13,15H2,1-4H3. The number of rotatable bonds is 10. The van der Waals surface area contributed by atoms with Crippen LogP contribution < -0.4 is 23.8 Å². The van der Waals surface area contributed by atoms with Gasteiger partial charge in [0.15, 0.2) is 16.6 Å². The Hall–Kier alpha value is -3.04. The third kappa shape index (κ3) is 4.90. The summed E-state index contributed by atoms with van der Waals surface area (Å²) in [5.74, 6) is 2.28. The van der Waals surface area contributed by atoms with E-state index in [1.807, 2.05) is 26.0 Å². The molecule has 0 saturated carbocycles. The summed E-state index contributed by atoms with van der Waals surface area (Å²) < 4.78 is 29.1. The highest BCUT2D eigenvalue weighted by Gasteiger charge is 2.29. The first-order valence-electron chi connectivity index (χ1n) is 11.4. The zero-order valence-electron chi connectivity index (χ0n) is 20.0. The lowest BCUT2D eigenvalue weighted by atomic mass is 10.1. The lowest BCUT2D eigenvalue weighted by molar-refractivity contribution is 0.0917. The number of anilines is 1. The van der Waals surface area contributed by atoms with Crippen LogP contribution in [0.1, 0.15) is 37.0 Å². The van der Waals surface area contributed by atoms with Crippen molar-refractivity contribution in [2.45, 2.75) is 32.8 Å². The summed E-state index contributed by atoms with van der Waals surface area (Å²) >= 11 is 1.40. The molecule has 0 N–H and O–H groups in total. The molecule has 3 aromatic rings. The first kappa shape index (κ1) is 24.1. The van der Waals surface area contributed by atoms with Gasteiger partial charge in [-0.3, -0.25) is 9.69 Å². The minimum absolute atomic E-state index is 0.0474. The second kappa shape index (κ2) is 10.9. The number of hydrogen-bond acceptors (Lipinski definition) is 8. The van der Waals surface area contributed by atoms with E-state index >= 15 is 0 Å². The Balaban J connectivity index is 1.76. The molecule has 1 fully saturated rings. The number of carbonyl (C=O) groups excluding carboxylic acids is 1. The summed E-state index contributed by atoms with van der Waals surface area (Å²) in [5, 5.41) is 0.560. The van der Waals surface area contributed by atoms with Gasteiger partial charge in [0.05, 0.1) is 40.1 Å². The van der Waals surface area contributed by atoms with Gasteiger partial charge in [0.25, 0.3) is 5.91 Å². The normalized spacial score (nSPS) is 15.4. The van der Waals surface area contributed by atoms with Gasteiger partial charge in [-0.05, 0) is 57.0 Å². The molecule has 1 unspecified atom stereocenters.